The number of alkyl halides is 1. The highest BCUT2D eigenvalue weighted by atomic mass is 35.5. The van der Waals surface area contributed by atoms with E-state index in [9.17, 15) is 5.21 Å². The first kappa shape index (κ1) is 9.02. The highest BCUT2D eigenvalue weighted by Crippen LogP contribution is 2.19. The second-order valence-electron chi connectivity index (χ2n) is 2.73. The average molecular weight is 211 g/mol. The van der Waals surface area contributed by atoms with Gasteiger partial charge in [0.25, 0.3) is 5.69 Å². The van der Waals surface area contributed by atoms with Crippen LogP contribution in [0.4, 0.5) is 0 Å². The van der Waals surface area contributed by atoms with Crippen LogP contribution in [0.1, 0.15) is 5.69 Å². The van der Waals surface area contributed by atoms with Crippen LogP contribution >= 0.6 is 11.6 Å². The predicted octanol–water partition coefficient (Wildman–Crippen LogP) is 1.71. The van der Waals surface area contributed by atoms with Crippen molar-refractivity contribution in [1.82, 2.24) is 5.16 Å². The third-order valence-electron chi connectivity index (χ3n) is 1.87. The lowest BCUT2D eigenvalue weighted by Gasteiger charge is -1.92. The maximum Gasteiger partial charge on any atom is 0.252 e. The van der Waals surface area contributed by atoms with Crippen LogP contribution in [0.2, 0.25) is 0 Å². The average Bonchev–Trinajstić information content (AvgIpc) is 2.61. The first-order valence-corrected chi connectivity index (χ1v) is 4.56. The van der Waals surface area contributed by atoms with Gasteiger partial charge in [0.05, 0.1) is 5.88 Å². The van der Waals surface area contributed by atoms with E-state index < -0.39 is 0 Å². The molecule has 0 saturated carbocycles. The van der Waals surface area contributed by atoms with E-state index in [-0.39, 0.29) is 5.88 Å². The summed E-state index contributed by atoms with van der Waals surface area (Å²) in [5.41, 5.74) is 1.65. The van der Waals surface area contributed by atoms with Gasteiger partial charge in [-0.25, -0.2) is 0 Å². The van der Waals surface area contributed by atoms with Crippen molar-refractivity contribution >= 4 is 11.6 Å². The minimum Gasteiger partial charge on any atom is -0.359 e. The van der Waals surface area contributed by atoms with Crippen molar-refractivity contribution in [2.75, 3.05) is 0 Å². The molecule has 0 radical (unpaired) electrons. The Bertz CT molecular complexity index is 428. The summed E-state index contributed by atoms with van der Waals surface area (Å²) in [6, 6.07) is 9.28. The molecule has 14 heavy (non-hydrogen) atoms. The molecule has 0 aliphatic carbocycles. The van der Waals surface area contributed by atoms with Crippen molar-refractivity contribution in [3.63, 3.8) is 0 Å². The predicted molar refractivity (Wildman–Crippen MR) is 50.5 cm³/mol. The summed E-state index contributed by atoms with van der Waals surface area (Å²) in [5.74, 6) is 0.0806. The van der Waals surface area contributed by atoms with Gasteiger partial charge in [0.2, 0.25) is 5.69 Å². The second kappa shape index (κ2) is 3.67. The Morgan fingerprint density at radius 1 is 1.36 bits per heavy atom. The maximum absolute atomic E-state index is 11.0. The van der Waals surface area contributed by atoms with Crippen LogP contribution < -0.4 is 4.90 Å². The molecule has 0 aliphatic heterocycles. The summed E-state index contributed by atoms with van der Waals surface area (Å²) in [4.78, 5) is 0.329. The Hall–Kier alpha value is -1.55. The lowest BCUT2D eigenvalue weighted by Crippen LogP contribution is -2.27. The molecular weight excluding hydrogens is 204 g/mol. The van der Waals surface area contributed by atoms with Crippen molar-refractivity contribution in [3.05, 3.63) is 41.2 Å². The fraction of sp³-hybridized carbons (Fsp3) is 0.111. The molecule has 0 bridgehead atoms. The number of hydrogen-bond donors (Lipinski definition) is 0. The van der Waals surface area contributed by atoms with Gasteiger partial charge in [-0.15, -0.1) is 11.6 Å². The molecule has 1 aromatic heterocycles. The van der Waals surface area contributed by atoms with Crippen LogP contribution in [-0.4, -0.2) is 5.16 Å². The van der Waals surface area contributed by atoms with Crippen LogP contribution in [0, 0.1) is 5.21 Å². The smallest absolute Gasteiger partial charge is 0.252 e. The van der Waals surface area contributed by atoms with E-state index in [1.165, 1.54) is 0 Å². The maximum atomic E-state index is 11.0. The fourth-order valence-corrected chi connectivity index (χ4v) is 1.42. The monoisotopic (exact) mass is 210 g/mol. The molecule has 0 aliphatic rings. The summed E-state index contributed by atoms with van der Waals surface area (Å²) < 4.78 is 4.47. The fourth-order valence-electron chi connectivity index (χ4n) is 1.19. The Morgan fingerprint density at radius 2 is 2.07 bits per heavy atom. The molecule has 1 aromatic carbocycles. The standard InChI is InChI=1S/C9H7ClN2O2/c10-6-8-9(11-14-12(8)13)7-4-2-1-3-5-7/h1-5H,6H2. The molecule has 0 N–H and O–H groups in total. The van der Waals surface area contributed by atoms with Gasteiger partial charge in [-0.1, -0.05) is 30.3 Å². The third kappa shape index (κ3) is 1.44. The minimum absolute atomic E-state index is 0.0806. The molecule has 2 aromatic rings. The molecule has 0 amide bonds. The second-order valence-corrected chi connectivity index (χ2v) is 2.99. The van der Waals surface area contributed by atoms with Gasteiger partial charge >= 0.3 is 0 Å². The highest BCUT2D eigenvalue weighted by molar-refractivity contribution is 6.17. The molecule has 0 atom stereocenters. The molecule has 5 heteroatoms. The molecule has 4 nitrogen and oxygen atoms in total. The summed E-state index contributed by atoms with van der Waals surface area (Å²) in [6.45, 7) is 0. The van der Waals surface area contributed by atoms with Gasteiger partial charge < -0.3 is 5.21 Å². The van der Waals surface area contributed by atoms with Crippen LogP contribution in [-0.2, 0) is 5.88 Å². The molecule has 0 saturated heterocycles. The molecule has 72 valence electrons. The van der Waals surface area contributed by atoms with Gasteiger partial charge in [-0.3, -0.25) is 4.63 Å². The summed E-state index contributed by atoms with van der Waals surface area (Å²) in [7, 11) is 0. The van der Waals surface area contributed by atoms with Crippen molar-refractivity contribution in [1.29, 1.82) is 0 Å². The molecule has 0 fully saturated rings. The number of hydrogen-bond acceptors (Lipinski definition) is 3. The Kier molecular flexibility index (Phi) is 2.37. The van der Waals surface area contributed by atoms with Gasteiger partial charge in [0.15, 0.2) is 0 Å². The van der Waals surface area contributed by atoms with E-state index in [0.717, 1.165) is 5.56 Å². The molecule has 2 rings (SSSR count). The zero-order valence-corrected chi connectivity index (χ0v) is 7.94. The molecule has 0 spiro atoms. The van der Waals surface area contributed by atoms with Crippen molar-refractivity contribution in [2.24, 2.45) is 0 Å². The van der Waals surface area contributed by atoms with E-state index in [2.05, 4.69) is 9.79 Å². The minimum atomic E-state index is 0.0806. The number of nitrogens with zero attached hydrogens (tertiary/aromatic N) is 2. The van der Waals surface area contributed by atoms with Crippen molar-refractivity contribution in [2.45, 2.75) is 5.88 Å². The number of halogens is 1. The zero-order valence-electron chi connectivity index (χ0n) is 7.18. The first-order chi connectivity index (χ1) is 6.83. The van der Waals surface area contributed by atoms with Crippen LogP contribution in [0.25, 0.3) is 11.3 Å². The normalized spacial score (nSPS) is 10.4. The van der Waals surface area contributed by atoms with Gasteiger partial charge in [0, 0.05) is 10.7 Å². The van der Waals surface area contributed by atoms with Crippen LogP contribution in [0.5, 0.6) is 0 Å². The summed E-state index contributed by atoms with van der Waals surface area (Å²) in [6.07, 6.45) is 0. The van der Waals surface area contributed by atoms with Gasteiger partial charge in [0.1, 0.15) is 0 Å². The Balaban J connectivity index is 2.52. The molecule has 1 heterocycles. The molecular formula is C9H7ClN2O2. The van der Waals surface area contributed by atoms with E-state index in [0.29, 0.717) is 16.3 Å². The Labute approximate surface area is 85.3 Å². The van der Waals surface area contributed by atoms with Gasteiger partial charge in [-0.2, -0.15) is 0 Å². The lowest BCUT2D eigenvalue weighted by atomic mass is 10.1. The van der Waals surface area contributed by atoms with Crippen molar-refractivity contribution in [3.8, 4) is 11.3 Å². The lowest BCUT2D eigenvalue weighted by molar-refractivity contribution is -0.807. The SMILES string of the molecule is [O-][n+]1onc(-c2ccccc2)c1CCl. The topological polar surface area (TPSA) is 53.0 Å². The van der Waals surface area contributed by atoms with Crippen molar-refractivity contribution < 1.29 is 9.53 Å². The highest BCUT2D eigenvalue weighted by Gasteiger charge is 2.19. The third-order valence-corrected chi connectivity index (χ3v) is 2.13. The number of aromatic nitrogens is 2. The largest absolute Gasteiger partial charge is 0.359 e. The first-order valence-electron chi connectivity index (χ1n) is 4.03. The quantitative estimate of drug-likeness (QED) is 0.560. The van der Waals surface area contributed by atoms with Crippen LogP contribution in [0.3, 0.4) is 0 Å². The van der Waals surface area contributed by atoms with E-state index in [1.54, 1.807) is 0 Å². The number of rotatable bonds is 2. The van der Waals surface area contributed by atoms with E-state index >= 15 is 0 Å². The zero-order chi connectivity index (χ0) is 9.97. The summed E-state index contributed by atoms with van der Waals surface area (Å²) in [5, 5.41) is 14.7. The number of benzene rings is 1. The van der Waals surface area contributed by atoms with Gasteiger partial charge in [-0.05, 0) is 4.90 Å². The van der Waals surface area contributed by atoms with Crippen LogP contribution in [0.15, 0.2) is 35.0 Å². The molecule has 0 unspecified atom stereocenters. The Morgan fingerprint density at radius 3 is 2.71 bits per heavy atom. The van der Waals surface area contributed by atoms with E-state index in [4.69, 9.17) is 11.6 Å². The summed E-state index contributed by atoms with van der Waals surface area (Å²) >= 11 is 5.61. The van der Waals surface area contributed by atoms with E-state index in [1.807, 2.05) is 30.3 Å².